The number of nitrogens with one attached hydrogen (secondary N) is 1. The number of aryl methyl sites for hydroxylation is 2. The molecule has 0 aliphatic carbocycles. The predicted molar refractivity (Wildman–Crippen MR) is 84.2 cm³/mol. The summed E-state index contributed by atoms with van der Waals surface area (Å²) < 4.78 is 2.80. The molecule has 2 aromatic heterocycles. The fraction of sp³-hybridized carbons (Fsp3) is 0.467. The second-order valence-corrected chi connectivity index (χ2v) is 6.43. The maximum atomic E-state index is 12.4. The van der Waals surface area contributed by atoms with Crippen LogP contribution < -0.4 is 5.32 Å². The molecule has 20 heavy (non-hydrogen) atoms. The van der Waals surface area contributed by atoms with E-state index in [1.807, 2.05) is 30.5 Å². The summed E-state index contributed by atoms with van der Waals surface area (Å²) in [5, 5.41) is 2.97. The van der Waals surface area contributed by atoms with Gasteiger partial charge < -0.3 is 5.32 Å². The van der Waals surface area contributed by atoms with Crippen molar-refractivity contribution in [2.45, 2.75) is 34.1 Å². The zero-order valence-electron chi connectivity index (χ0n) is 12.3. The Morgan fingerprint density at radius 2 is 2.15 bits per heavy atom. The highest BCUT2D eigenvalue weighted by atomic mass is 79.9. The molecule has 0 aliphatic heterocycles. The molecule has 0 atom stereocenters. The van der Waals surface area contributed by atoms with E-state index in [-0.39, 0.29) is 5.91 Å². The number of hydrogen-bond acceptors (Lipinski definition) is 2. The third-order valence-electron chi connectivity index (χ3n) is 3.27. The standard InChI is InChI=1S/C15H20BrN3O/c1-9(2)5-6-17-15(20)13-11(4)18-14-10(3)7-12(16)8-19(13)14/h7-9H,5-6H2,1-4H3,(H,17,20). The molecule has 0 saturated carbocycles. The minimum Gasteiger partial charge on any atom is -0.351 e. The lowest BCUT2D eigenvalue weighted by molar-refractivity contribution is 0.0945. The molecule has 2 heterocycles. The Kier molecular flexibility index (Phi) is 4.48. The largest absolute Gasteiger partial charge is 0.351 e. The van der Waals surface area contributed by atoms with Crippen molar-refractivity contribution in [3.63, 3.8) is 0 Å². The van der Waals surface area contributed by atoms with Crippen LogP contribution in [-0.2, 0) is 0 Å². The summed E-state index contributed by atoms with van der Waals surface area (Å²) in [6.07, 6.45) is 2.87. The van der Waals surface area contributed by atoms with Crippen LogP contribution in [0.25, 0.3) is 5.65 Å². The van der Waals surface area contributed by atoms with Gasteiger partial charge in [0, 0.05) is 17.2 Å². The summed E-state index contributed by atoms with van der Waals surface area (Å²) in [5.74, 6) is 0.517. The van der Waals surface area contributed by atoms with Gasteiger partial charge in [0.15, 0.2) is 0 Å². The van der Waals surface area contributed by atoms with Gasteiger partial charge in [0.2, 0.25) is 0 Å². The van der Waals surface area contributed by atoms with Gasteiger partial charge in [0.05, 0.1) is 5.69 Å². The number of carbonyl (C=O) groups is 1. The number of imidazole rings is 1. The molecule has 1 N–H and O–H groups in total. The lowest BCUT2D eigenvalue weighted by Gasteiger charge is -2.08. The van der Waals surface area contributed by atoms with Crippen LogP contribution in [0.15, 0.2) is 16.7 Å². The normalized spacial score (nSPS) is 11.3. The van der Waals surface area contributed by atoms with Crippen LogP contribution in [0.3, 0.4) is 0 Å². The van der Waals surface area contributed by atoms with Gasteiger partial charge in [-0.25, -0.2) is 4.98 Å². The molecular formula is C15H20BrN3O. The number of amides is 1. The van der Waals surface area contributed by atoms with E-state index in [4.69, 9.17) is 0 Å². The summed E-state index contributed by atoms with van der Waals surface area (Å²) in [4.78, 5) is 16.9. The third kappa shape index (κ3) is 3.03. The molecule has 0 spiro atoms. The van der Waals surface area contributed by atoms with Gasteiger partial charge in [-0.2, -0.15) is 0 Å². The molecule has 0 fully saturated rings. The zero-order chi connectivity index (χ0) is 14.9. The van der Waals surface area contributed by atoms with E-state index in [0.717, 1.165) is 27.8 Å². The molecule has 4 nitrogen and oxygen atoms in total. The quantitative estimate of drug-likeness (QED) is 0.928. The van der Waals surface area contributed by atoms with Gasteiger partial charge in [0.1, 0.15) is 11.3 Å². The van der Waals surface area contributed by atoms with E-state index < -0.39 is 0 Å². The van der Waals surface area contributed by atoms with E-state index in [1.165, 1.54) is 0 Å². The number of fused-ring (bicyclic) bond motifs is 1. The number of pyridine rings is 1. The Balaban J connectivity index is 2.34. The minimum atomic E-state index is -0.0619. The van der Waals surface area contributed by atoms with Crippen molar-refractivity contribution in [1.82, 2.24) is 14.7 Å². The predicted octanol–water partition coefficient (Wildman–Crippen LogP) is 3.49. The number of aromatic nitrogens is 2. The highest BCUT2D eigenvalue weighted by Gasteiger charge is 2.17. The maximum Gasteiger partial charge on any atom is 0.270 e. The molecule has 0 radical (unpaired) electrons. The van der Waals surface area contributed by atoms with E-state index in [2.05, 4.69) is 40.1 Å². The number of halogens is 1. The molecule has 5 heteroatoms. The topological polar surface area (TPSA) is 46.4 Å². The first-order chi connectivity index (χ1) is 9.40. The van der Waals surface area contributed by atoms with E-state index in [9.17, 15) is 4.79 Å². The van der Waals surface area contributed by atoms with E-state index in [0.29, 0.717) is 18.2 Å². The summed E-state index contributed by atoms with van der Waals surface area (Å²) in [6.45, 7) is 8.85. The van der Waals surface area contributed by atoms with Crippen molar-refractivity contribution in [3.8, 4) is 0 Å². The van der Waals surface area contributed by atoms with Gasteiger partial charge in [-0.05, 0) is 53.7 Å². The Morgan fingerprint density at radius 1 is 1.45 bits per heavy atom. The van der Waals surface area contributed by atoms with Crippen molar-refractivity contribution in [1.29, 1.82) is 0 Å². The first-order valence-corrected chi connectivity index (χ1v) is 7.62. The van der Waals surface area contributed by atoms with Gasteiger partial charge >= 0.3 is 0 Å². The number of rotatable bonds is 4. The third-order valence-corrected chi connectivity index (χ3v) is 3.70. The second kappa shape index (κ2) is 5.95. The maximum absolute atomic E-state index is 12.4. The summed E-state index contributed by atoms with van der Waals surface area (Å²) >= 11 is 3.47. The molecular weight excluding hydrogens is 318 g/mol. The highest BCUT2D eigenvalue weighted by molar-refractivity contribution is 9.10. The molecule has 2 rings (SSSR count). The van der Waals surface area contributed by atoms with Crippen LogP contribution in [0, 0.1) is 19.8 Å². The monoisotopic (exact) mass is 337 g/mol. The highest BCUT2D eigenvalue weighted by Crippen LogP contribution is 2.20. The average molecular weight is 338 g/mol. The second-order valence-electron chi connectivity index (χ2n) is 5.52. The molecule has 0 unspecified atom stereocenters. The first-order valence-electron chi connectivity index (χ1n) is 6.83. The summed E-state index contributed by atoms with van der Waals surface area (Å²) in [6, 6.07) is 2.00. The van der Waals surface area contributed by atoms with Crippen molar-refractivity contribution < 1.29 is 4.79 Å². The van der Waals surface area contributed by atoms with E-state index in [1.54, 1.807) is 0 Å². The molecule has 0 aromatic carbocycles. The molecule has 2 aromatic rings. The fourth-order valence-electron chi connectivity index (χ4n) is 2.21. The number of carbonyl (C=O) groups excluding carboxylic acids is 1. The molecule has 0 saturated heterocycles. The van der Waals surface area contributed by atoms with E-state index >= 15 is 0 Å². The Hall–Kier alpha value is -1.36. The Labute approximate surface area is 127 Å². The number of nitrogens with zero attached hydrogens (tertiary/aromatic N) is 2. The van der Waals surface area contributed by atoms with Gasteiger partial charge in [0.25, 0.3) is 5.91 Å². The van der Waals surface area contributed by atoms with Gasteiger partial charge in [-0.3, -0.25) is 9.20 Å². The Morgan fingerprint density at radius 3 is 2.80 bits per heavy atom. The zero-order valence-corrected chi connectivity index (χ0v) is 13.9. The van der Waals surface area contributed by atoms with Crippen LogP contribution in [0.4, 0.5) is 0 Å². The lowest BCUT2D eigenvalue weighted by Crippen LogP contribution is -2.27. The first kappa shape index (κ1) is 15.0. The van der Waals surface area contributed by atoms with Crippen molar-refractivity contribution in [3.05, 3.63) is 33.7 Å². The molecule has 1 amide bonds. The van der Waals surface area contributed by atoms with Crippen LogP contribution >= 0.6 is 15.9 Å². The minimum absolute atomic E-state index is 0.0619. The van der Waals surface area contributed by atoms with Crippen LogP contribution in [-0.4, -0.2) is 21.8 Å². The van der Waals surface area contributed by atoms with Crippen molar-refractivity contribution in [2.75, 3.05) is 6.54 Å². The van der Waals surface area contributed by atoms with Crippen LogP contribution in [0.5, 0.6) is 0 Å². The molecule has 0 bridgehead atoms. The molecule has 0 aliphatic rings. The van der Waals surface area contributed by atoms with Gasteiger partial charge in [-0.1, -0.05) is 13.8 Å². The lowest BCUT2D eigenvalue weighted by atomic mass is 10.1. The van der Waals surface area contributed by atoms with Crippen LogP contribution in [0.2, 0.25) is 0 Å². The summed E-state index contributed by atoms with van der Waals surface area (Å²) in [5.41, 5.74) is 3.25. The molecule has 108 valence electrons. The number of hydrogen-bond donors (Lipinski definition) is 1. The smallest absolute Gasteiger partial charge is 0.270 e. The van der Waals surface area contributed by atoms with Crippen LogP contribution in [0.1, 0.15) is 42.0 Å². The van der Waals surface area contributed by atoms with Gasteiger partial charge in [-0.15, -0.1) is 0 Å². The fourth-order valence-corrected chi connectivity index (χ4v) is 2.76. The van der Waals surface area contributed by atoms with Crippen molar-refractivity contribution >= 4 is 27.5 Å². The van der Waals surface area contributed by atoms with Crippen molar-refractivity contribution in [2.24, 2.45) is 5.92 Å². The SMILES string of the molecule is Cc1nc2c(C)cc(Br)cn2c1C(=O)NCCC(C)C. The summed E-state index contributed by atoms with van der Waals surface area (Å²) in [7, 11) is 0. The average Bonchev–Trinajstić information content (AvgIpc) is 2.65. The Bertz CT molecular complexity index is 646.